The Balaban J connectivity index is 1.82. The van der Waals surface area contributed by atoms with Crippen LogP contribution in [-0.2, 0) is 23.5 Å². The molecule has 0 bridgehead atoms. The molecule has 0 unspecified atom stereocenters. The van der Waals surface area contributed by atoms with E-state index in [1.54, 1.807) is 18.2 Å². The number of hydrogen-bond donors (Lipinski definition) is 2. The van der Waals surface area contributed by atoms with Gasteiger partial charge in [0.25, 0.3) is 11.1 Å². The van der Waals surface area contributed by atoms with E-state index in [2.05, 4.69) is 10.0 Å². The first-order valence-electron chi connectivity index (χ1n) is 12.6. The second-order valence-electron chi connectivity index (χ2n) is 9.53. The quantitative estimate of drug-likeness (QED) is 0.345. The van der Waals surface area contributed by atoms with E-state index in [1.165, 1.54) is 53.4 Å². The van der Waals surface area contributed by atoms with Gasteiger partial charge in [0.15, 0.2) is 0 Å². The molecular weight excluding hydrogens is 525 g/mol. The normalized spacial score (nSPS) is 13.5. The van der Waals surface area contributed by atoms with Gasteiger partial charge in [-0.3, -0.25) is 23.4 Å². The van der Waals surface area contributed by atoms with Crippen molar-refractivity contribution in [2.45, 2.75) is 39.2 Å². The molecule has 1 saturated carbocycles. The van der Waals surface area contributed by atoms with Crippen molar-refractivity contribution < 1.29 is 12.8 Å². The van der Waals surface area contributed by atoms with Crippen LogP contribution in [0.1, 0.15) is 38.3 Å². The van der Waals surface area contributed by atoms with Crippen LogP contribution in [0.4, 0.5) is 21.5 Å². The fourth-order valence-electron chi connectivity index (χ4n) is 4.53. The molecule has 0 saturated heterocycles. The van der Waals surface area contributed by atoms with Gasteiger partial charge in [-0.1, -0.05) is 19.1 Å². The summed E-state index contributed by atoms with van der Waals surface area (Å²) in [6.07, 6.45) is 1.91. The van der Waals surface area contributed by atoms with Crippen molar-refractivity contribution in [3.05, 3.63) is 91.1 Å². The van der Waals surface area contributed by atoms with Crippen molar-refractivity contribution >= 4 is 38.1 Å². The molecule has 1 aliphatic carbocycles. The predicted octanol–water partition coefficient (Wildman–Crippen LogP) is 3.39. The lowest BCUT2D eigenvalue weighted by molar-refractivity contribution is 0.602. The smallest absolute Gasteiger partial charge is 0.337 e. The maximum absolute atomic E-state index is 14.9. The Hall–Kier alpha value is -4.19. The molecule has 0 amide bonds. The topological polar surface area (TPSA) is 124 Å². The maximum Gasteiger partial charge on any atom is 0.337 e. The summed E-state index contributed by atoms with van der Waals surface area (Å²) in [5.41, 5.74) is -0.391. The summed E-state index contributed by atoms with van der Waals surface area (Å²) in [5.74, 6) is -0.693. The van der Waals surface area contributed by atoms with E-state index >= 15 is 0 Å². The predicted molar refractivity (Wildman–Crippen MR) is 149 cm³/mol. The Morgan fingerprint density at radius 3 is 2.38 bits per heavy atom. The van der Waals surface area contributed by atoms with Gasteiger partial charge in [-0.05, 0) is 62.1 Å². The lowest BCUT2D eigenvalue weighted by atomic mass is 10.1. The Morgan fingerprint density at radius 1 is 1.00 bits per heavy atom. The number of pyridine rings is 1. The molecule has 1 fully saturated rings. The van der Waals surface area contributed by atoms with Crippen LogP contribution >= 0.6 is 0 Å². The summed E-state index contributed by atoms with van der Waals surface area (Å²) in [6, 6.07) is 11.7. The summed E-state index contributed by atoms with van der Waals surface area (Å²) < 4.78 is 45.2. The van der Waals surface area contributed by atoms with Crippen molar-refractivity contribution in [2.75, 3.05) is 15.8 Å². The molecule has 0 spiro atoms. The van der Waals surface area contributed by atoms with E-state index in [4.69, 9.17) is 0 Å². The molecule has 5 rings (SSSR count). The number of hydrogen-bond acceptors (Lipinski definition) is 6. The second-order valence-corrected chi connectivity index (χ2v) is 11.5. The molecule has 4 aromatic rings. The van der Waals surface area contributed by atoms with Crippen molar-refractivity contribution in [1.82, 2.24) is 13.7 Å². The summed E-state index contributed by atoms with van der Waals surface area (Å²) >= 11 is 0. The van der Waals surface area contributed by atoms with Crippen LogP contribution in [-0.4, -0.2) is 27.9 Å². The number of sulfonamides is 1. The van der Waals surface area contributed by atoms with Crippen molar-refractivity contribution in [1.29, 1.82) is 0 Å². The fraction of sp³-hybridized carbons (Fsp3) is 0.296. The molecule has 2 heterocycles. The average Bonchev–Trinajstić information content (AvgIpc) is 3.73. The van der Waals surface area contributed by atoms with Gasteiger partial charge in [0.2, 0.25) is 10.0 Å². The molecular formula is C27H28FN5O5S. The highest BCUT2D eigenvalue weighted by Crippen LogP contribution is 2.34. The molecule has 0 aliphatic heterocycles. The van der Waals surface area contributed by atoms with E-state index in [1.807, 2.05) is 6.92 Å². The van der Waals surface area contributed by atoms with Crippen LogP contribution in [0.3, 0.4) is 0 Å². The summed E-state index contributed by atoms with van der Waals surface area (Å²) in [7, 11) is -2.17. The first kappa shape index (κ1) is 26.4. The summed E-state index contributed by atoms with van der Waals surface area (Å²) in [4.78, 5) is 40.6. The Bertz CT molecular complexity index is 1910. The molecule has 2 aromatic heterocycles. The van der Waals surface area contributed by atoms with Gasteiger partial charge in [0.05, 0.1) is 28.5 Å². The fourth-order valence-corrected chi connectivity index (χ4v) is 5.16. The van der Waals surface area contributed by atoms with Gasteiger partial charge in [-0.25, -0.2) is 22.2 Å². The number of fused-ring (bicyclic) bond motifs is 1. The van der Waals surface area contributed by atoms with Crippen LogP contribution in [0.25, 0.3) is 16.7 Å². The van der Waals surface area contributed by atoms with Crippen molar-refractivity contribution in [3.8, 4) is 5.69 Å². The van der Waals surface area contributed by atoms with Crippen LogP contribution in [0.15, 0.2) is 62.9 Å². The number of halogens is 1. The lowest BCUT2D eigenvalue weighted by Crippen LogP contribution is -2.41. The van der Waals surface area contributed by atoms with Gasteiger partial charge in [-0.2, -0.15) is 0 Å². The third-order valence-electron chi connectivity index (χ3n) is 6.83. The minimum atomic E-state index is -3.60. The number of nitrogens with zero attached hydrogens (tertiary/aromatic N) is 3. The maximum atomic E-state index is 14.9. The minimum Gasteiger partial charge on any atom is -0.352 e. The van der Waals surface area contributed by atoms with E-state index in [0.717, 1.165) is 10.1 Å². The van der Waals surface area contributed by atoms with E-state index in [0.29, 0.717) is 19.3 Å². The number of rotatable bonds is 8. The summed E-state index contributed by atoms with van der Waals surface area (Å²) in [6.45, 7) is 3.40. The molecule has 2 aromatic carbocycles. The molecule has 0 atom stereocenters. The zero-order chi connectivity index (χ0) is 28.1. The molecule has 204 valence electrons. The molecule has 12 heteroatoms. The van der Waals surface area contributed by atoms with Gasteiger partial charge < -0.3 is 5.32 Å². The zero-order valence-corrected chi connectivity index (χ0v) is 22.5. The second kappa shape index (κ2) is 9.84. The highest BCUT2D eigenvalue weighted by molar-refractivity contribution is 7.92. The van der Waals surface area contributed by atoms with Gasteiger partial charge in [0, 0.05) is 19.2 Å². The lowest BCUT2D eigenvalue weighted by Gasteiger charge is -2.19. The number of aryl methyl sites for hydroxylation is 2. The SMILES string of the molecule is CCc1ccc(Nc2cc(=O)n(C)c3c2c(=O)n(C2CC2)c(=O)n3-c2cccc(NS(=O)(=O)CC)c2)c(F)c1. The van der Waals surface area contributed by atoms with Crippen LogP contribution < -0.4 is 26.8 Å². The standard InChI is InChI=1S/C27H28FN5O5S/c1-4-16-9-12-21(20(28)13-16)29-22-15-23(34)31(3)25-24(22)26(35)33(18-10-11-18)27(36)32(25)19-8-6-7-17(14-19)30-39(37,38)5-2/h6-9,12-15,18,29-30H,4-5,10-11H2,1-3H3. The largest absolute Gasteiger partial charge is 0.352 e. The summed E-state index contributed by atoms with van der Waals surface area (Å²) in [5, 5.41) is 2.93. The van der Waals surface area contributed by atoms with Crippen molar-refractivity contribution in [2.24, 2.45) is 7.05 Å². The molecule has 10 nitrogen and oxygen atoms in total. The molecule has 39 heavy (non-hydrogen) atoms. The van der Waals surface area contributed by atoms with Crippen molar-refractivity contribution in [3.63, 3.8) is 0 Å². The Labute approximate surface area is 223 Å². The first-order chi connectivity index (χ1) is 18.5. The highest BCUT2D eigenvalue weighted by atomic mass is 32.2. The van der Waals surface area contributed by atoms with Gasteiger partial charge in [-0.15, -0.1) is 0 Å². The van der Waals surface area contributed by atoms with Gasteiger partial charge in [0.1, 0.15) is 16.9 Å². The van der Waals surface area contributed by atoms with Crippen LogP contribution in [0.2, 0.25) is 0 Å². The number of aromatic nitrogens is 3. The van der Waals surface area contributed by atoms with E-state index < -0.39 is 32.6 Å². The first-order valence-corrected chi connectivity index (χ1v) is 14.3. The third-order valence-corrected chi connectivity index (χ3v) is 8.14. The van der Waals surface area contributed by atoms with E-state index in [9.17, 15) is 27.2 Å². The third kappa shape index (κ3) is 4.87. The number of benzene rings is 2. The Kier molecular flexibility index (Phi) is 6.67. The van der Waals surface area contributed by atoms with Crippen LogP contribution in [0.5, 0.6) is 0 Å². The van der Waals surface area contributed by atoms with E-state index in [-0.39, 0.29) is 45.6 Å². The zero-order valence-electron chi connectivity index (χ0n) is 21.7. The molecule has 1 aliphatic rings. The monoisotopic (exact) mass is 553 g/mol. The minimum absolute atomic E-state index is 0.00187. The average molecular weight is 554 g/mol. The molecule has 2 N–H and O–H groups in total. The highest BCUT2D eigenvalue weighted by Gasteiger charge is 2.31. The van der Waals surface area contributed by atoms with Gasteiger partial charge >= 0.3 is 5.69 Å². The number of nitrogens with one attached hydrogen (secondary N) is 2. The van der Waals surface area contributed by atoms with Crippen LogP contribution in [0, 0.1) is 5.82 Å². The Morgan fingerprint density at radius 2 is 1.74 bits per heavy atom. The number of anilines is 3. The molecule has 0 radical (unpaired) electrons.